The maximum atomic E-state index is 13.5. The molecular weight excluding hydrogens is 433 g/mol. The molecule has 3 rings (SSSR count). The summed E-state index contributed by atoms with van der Waals surface area (Å²) in [5, 5.41) is 9.56. The quantitative estimate of drug-likeness (QED) is 0.390. The van der Waals surface area contributed by atoms with Crippen molar-refractivity contribution in [3.8, 4) is 0 Å². The Morgan fingerprint density at radius 1 is 1.45 bits per heavy atom. The first-order chi connectivity index (χ1) is 14.6. The Morgan fingerprint density at radius 3 is 2.68 bits per heavy atom. The van der Waals surface area contributed by atoms with Crippen LogP contribution < -0.4 is 16.1 Å². The van der Waals surface area contributed by atoms with Crippen LogP contribution in [0.3, 0.4) is 0 Å². The van der Waals surface area contributed by atoms with Crippen LogP contribution in [-0.2, 0) is 14.4 Å². The van der Waals surface area contributed by atoms with E-state index in [4.69, 9.17) is 16.1 Å². The highest BCUT2D eigenvalue weighted by Crippen LogP contribution is 2.48. The van der Waals surface area contributed by atoms with E-state index in [2.05, 4.69) is 21.2 Å². The number of aryl methyl sites for hydroxylation is 1. The number of halogens is 2. The van der Waals surface area contributed by atoms with E-state index in [1.807, 2.05) is 6.92 Å². The lowest BCUT2D eigenvalue weighted by Crippen LogP contribution is -2.57. The standard InChI is InChI=1S/C19H25ClFN5O5/c1-10-7-12(25-31-10)16(28)23-13(8-19(2)4-5-19)17(29)24-26(18(30)14(20)21)9-11-3-6-22-15(11)27/h7,11,13-14H,3-6,8-9H2,1-2H3,(H,22,27)(H,23,28)(H,24,29)/t11-,13-,14-/m0/s1. The summed E-state index contributed by atoms with van der Waals surface area (Å²) in [6.45, 7) is 3.79. The lowest BCUT2D eigenvalue weighted by molar-refractivity contribution is -0.145. The second kappa shape index (κ2) is 9.21. The monoisotopic (exact) mass is 457 g/mol. The Morgan fingerprint density at radius 2 is 2.16 bits per heavy atom. The zero-order chi connectivity index (χ0) is 22.8. The highest BCUT2D eigenvalue weighted by Gasteiger charge is 2.42. The van der Waals surface area contributed by atoms with Gasteiger partial charge >= 0.3 is 0 Å². The van der Waals surface area contributed by atoms with Gasteiger partial charge in [0.1, 0.15) is 11.8 Å². The molecule has 0 aromatic carbocycles. The molecule has 10 nitrogen and oxygen atoms in total. The third-order valence-corrected chi connectivity index (χ3v) is 5.73. The first kappa shape index (κ1) is 23.0. The van der Waals surface area contributed by atoms with Gasteiger partial charge in [-0.15, -0.1) is 0 Å². The van der Waals surface area contributed by atoms with Crippen LogP contribution in [0.2, 0.25) is 0 Å². The van der Waals surface area contributed by atoms with E-state index in [9.17, 15) is 23.6 Å². The predicted octanol–water partition coefficient (Wildman–Crippen LogP) is 0.802. The van der Waals surface area contributed by atoms with Crippen LogP contribution in [0.25, 0.3) is 0 Å². The van der Waals surface area contributed by atoms with Gasteiger partial charge in [0.15, 0.2) is 5.69 Å². The zero-order valence-electron chi connectivity index (χ0n) is 17.2. The Labute approximate surface area is 183 Å². The number of hydrazine groups is 1. The summed E-state index contributed by atoms with van der Waals surface area (Å²) in [6, 6.07) is 0.414. The van der Waals surface area contributed by atoms with Gasteiger partial charge in [0.2, 0.25) is 5.91 Å². The molecule has 1 aliphatic heterocycles. The third-order valence-electron chi connectivity index (χ3n) is 5.55. The number of aromatic nitrogens is 1. The summed E-state index contributed by atoms with van der Waals surface area (Å²) < 4.78 is 18.4. The highest BCUT2D eigenvalue weighted by molar-refractivity contribution is 6.29. The molecule has 0 radical (unpaired) electrons. The highest BCUT2D eigenvalue weighted by atomic mass is 35.5. The molecule has 31 heavy (non-hydrogen) atoms. The summed E-state index contributed by atoms with van der Waals surface area (Å²) in [7, 11) is 0. The number of nitrogens with one attached hydrogen (secondary N) is 3. The molecule has 1 saturated carbocycles. The lowest BCUT2D eigenvalue weighted by atomic mass is 9.98. The number of carbonyl (C=O) groups excluding carboxylic acids is 4. The first-order valence-electron chi connectivity index (χ1n) is 10.00. The van der Waals surface area contributed by atoms with Gasteiger partial charge in [0, 0.05) is 12.6 Å². The van der Waals surface area contributed by atoms with Gasteiger partial charge < -0.3 is 15.2 Å². The summed E-state index contributed by atoms with van der Waals surface area (Å²) in [6.07, 6.45) is 2.51. The van der Waals surface area contributed by atoms with Crippen molar-refractivity contribution < 1.29 is 28.1 Å². The maximum Gasteiger partial charge on any atom is 0.291 e. The number of amides is 4. The Hall–Kier alpha value is -2.69. The van der Waals surface area contributed by atoms with Crippen LogP contribution in [0.1, 0.15) is 48.9 Å². The summed E-state index contributed by atoms with van der Waals surface area (Å²) in [5.41, 5.74) is -0.176. The molecule has 1 aromatic heterocycles. The second-order valence-electron chi connectivity index (χ2n) is 8.37. The molecule has 1 aliphatic carbocycles. The molecule has 2 aliphatic rings. The Kier molecular flexibility index (Phi) is 6.83. The Bertz CT molecular complexity index is 872. The largest absolute Gasteiger partial charge is 0.361 e. The smallest absolute Gasteiger partial charge is 0.291 e. The van der Waals surface area contributed by atoms with E-state index in [1.54, 1.807) is 6.92 Å². The van der Waals surface area contributed by atoms with Crippen molar-refractivity contribution >= 4 is 35.2 Å². The van der Waals surface area contributed by atoms with Crippen LogP contribution in [-0.4, -0.2) is 58.6 Å². The van der Waals surface area contributed by atoms with E-state index in [-0.39, 0.29) is 23.6 Å². The Balaban J connectivity index is 1.73. The van der Waals surface area contributed by atoms with Gasteiger partial charge in [-0.25, -0.2) is 9.40 Å². The van der Waals surface area contributed by atoms with Crippen molar-refractivity contribution in [2.24, 2.45) is 11.3 Å². The van der Waals surface area contributed by atoms with Gasteiger partial charge in [-0.05, 0) is 38.0 Å². The van der Waals surface area contributed by atoms with Gasteiger partial charge in [0.25, 0.3) is 23.4 Å². The predicted molar refractivity (Wildman–Crippen MR) is 106 cm³/mol. The molecule has 2 fully saturated rings. The number of alkyl halides is 2. The van der Waals surface area contributed by atoms with Crippen LogP contribution in [0, 0.1) is 18.3 Å². The van der Waals surface area contributed by atoms with E-state index < -0.39 is 35.3 Å². The van der Waals surface area contributed by atoms with Crippen LogP contribution in [0.15, 0.2) is 10.6 Å². The summed E-state index contributed by atoms with van der Waals surface area (Å²) in [4.78, 5) is 49.5. The molecule has 170 valence electrons. The SMILES string of the molecule is Cc1cc(C(=O)N[C@@H](CC2(C)CC2)C(=O)NN(C[C@@H]2CCNC2=O)C(=O)[C@H](F)Cl)no1. The molecule has 12 heteroatoms. The van der Waals surface area contributed by atoms with Crippen LogP contribution in [0.4, 0.5) is 4.39 Å². The molecule has 3 N–H and O–H groups in total. The van der Waals surface area contributed by atoms with Gasteiger partial charge in [-0.2, -0.15) is 0 Å². The lowest BCUT2D eigenvalue weighted by Gasteiger charge is -2.28. The van der Waals surface area contributed by atoms with Crippen molar-refractivity contribution in [2.75, 3.05) is 13.1 Å². The molecule has 2 heterocycles. The molecule has 4 amide bonds. The number of rotatable bonds is 8. The van der Waals surface area contributed by atoms with Crippen molar-refractivity contribution in [2.45, 2.75) is 51.2 Å². The fourth-order valence-electron chi connectivity index (χ4n) is 3.38. The van der Waals surface area contributed by atoms with Crippen LogP contribution >= 0.6 is 11.6 Å². The summed E-state index contributed by atoms with van der Waals surface area (Å²) >= 11 is 5.29. The molecule has 0 unspecified atom stereocenters. The van der Waals surface area contributed by atoms with Gasteiger partial charge in [-0.1, -0.05) is 23.7 Å². The topological polar surface area (TPSA) is 134 Å². The molecule has 0 bridgehead atoms. The van der Waals surface area contributed by atoms with Crippen LogP contribution in [0.5, 0.6) is 0 Å². The minimum Gasteiger partial charge on any atom is -0.361 e. The average molecular weight is 458 g/mol. The van der Waals surface area contributed by atoms with E-state index in [0.717, 1.165) is 12.8 Å². The summed E-state index contributed by atoms with van der Waals surface area (Å²) in [5.74, 6) is -2.99. The maximum absolute atomic E-state index is 13.5. The van der Waals surface area contributed by atoms with Crippen molar-refractivity contribution in [3.63, 3.8) is 0 Å². The minimum absolute atomic E-state index is 0.0105. The normalized spacial score (nSPS) is 21.0. The van der Waals surface area contributed by atoms with E-state index in [1.165, 1.54) is 6.07 Å². The van der Waals surface area contributed by atoms with Crippen molar-refractivity contribution in [1.82, 2.24) is 26.2 Å². The number of hydrogen-bond donors (Lipinski definition) is 3. The number of hydrogen-bond acceptors (Lipinski definition) is 6. The zero-order valence-corrected chi connectivity index (χ0v) is 18.0. The van der Waals surface area contributed by atoms with Gasteiger partial charge in [0.05, 0.1) is 12.5 Å². The average Bonchev–Trinajstić information content (AvgIpc) is 3.07. The molecule has 1 aromatic rings. The molecule has 3 atom stereocenters. The van der Waals surface area contributed by atoms with Crippen molar-refractivity contribution in [1.29, 1.82) is 0 Å². The van der Waals surface area contributed by atoms with Gasteiger partial charge in [-0.3, -0.25) is 24.6 Å². The minimum atomic E-state index is -2.39. The third kappa shape index (κ3) is 5.93. The number of carbonyl (C=O) groups is 4. The second-order valence-corrected chi connectivity index (χ2v) is 8.75. The van der Waals surface area contributed by atoms with E-state index >= 15 is 0 Å². The van der Waals surface area contributed by atoms with Crippen molar-refractivity contribution in [3.05, 3.63) is 17.5 Å². The first-order valence-corrected chi connectivity index (χ1v) is 10.4. The molecular formula is C19H25ClFN5O5. The molecule has 1 saturated heterocycles. The fourth-order valence-corrected chi connectivity index (χ4v) is 3.50. The molecule has 0 spiro atoms. The number of nitrogens with zero attached hydrogens (tertiary/aromatic N) is 2. The van der Waals surface area contributed by atoms with E-state index in [0.29, 0.717) is 30.2 Å². The fraction of sp³-hybridized carbons (Fsp3) is 0.632.